The van der Waals surface area contributed by atoms with Crippen LogP contribution in [0.5, 0.6) is 0 Å². The Bertz CT molecular complexity index is 431. The summed E-state index contributed by atoms with van der Waals surface area (Å²) in [6.07, 6.45) is 7.96. The molecular formula is C19H31NO. The molecular weight excluding hydrogens is 258 g/mol. The van der Waals surface area contributed by atoms with E-state index < -0.39 is 0 Å². The number of benzene rings is 1. The van der Waals surface area contributed by atoms with Crippen LogP contribution in [-0.2, 0) is 10.2 Å². The molecule has 0 aliphatic carbocycles. The van der Waals surface area contributed by atoms with E-state index in [1.54, 1.807) is 14.2 Å². The quantitative estimate of drug-likeness (QED) is 0.359. The highest BCUT2D eigenvalue weighted by molar-refractivity contribution is 5.93. The number of unbranched alkanes of at least 4 members (excludes halogenated alkanes) is 4. The minimum Gasteiger partial charge on any atom is -0.481 e. The maximum absolute atomic E-state index is 5.26. The normalized spacial score (nSPS) is 12.5. The van der Waals surface area contributed by atoms with Crippen molar-refractivity contribution in [2.24, 2.45) is 4.99 Å². The molecule has 0 saturated heterocycles. The summed E-state index contributed by atoms with van der Waals surface area (Å²) in [5, 5.41) is 0. The summed E-state index contributed by atoms with van der Waals surface area (Å²) in [4.78, 5) is 4.14. The molecule has 2 nitrogen and oxygen atoms in total. The number of ether oxygens (including phenoxy) is 1. The Kier molecular flexibility index (Phi) is 7.49. The molecule has 21 heavy (non-hydrogen) atoms. The molecule has 0 unspecified atom stereocenters. The van der Waals surface area contributed by atoms with E-state index in [9.17, 15) is 0 Å². The first-order valence-electron chi connectivity index (χ1n) is 8.17. The van der Waals surface area contributed by atoms with E-state index in [-0.39, 0.29) is 5.41 Å². The molecule has 0 atom stereocenters. The predicted molar refractivity (Wildman–Crippen MR) is 92.3 cm³/mol. The first-order chi connectivity index (χ1) is 10.0. The van der Waals surface area contributed by atoms with Crippen LogP contribution in [0.4, 0.5) is 0 Å². The molecule has 0 aliphatic heterocycles. The topological polar surface area (TPSA) is 21.6 Å². The number of hydrogen-bond acceptors (Lipinski definition) is 2. The lowest BCUT2D eigenvalue weighted by Crippen LogP contribution is -2.17. The summed E-state index contributed by atoms with van der Waals surface area (Å²) < 4.78 is 5.26. The molecule has 1 rings (SSSR count). The lowest BCUT2D eigenvalue weighted by Gasteiger charge is -2.25. The van der Waals surface area contributed by atoms with Gasteiger partial charge in [-0.05, 0) is 29.5 Å². The van der Waals surface area contributed by atoms with Crippen LogP contribution in [0.25, 0.3) is 0 Å². The second kappa shape index (κ2) is 8.86. The molecule has 0 heterocycles. The van der Waals surface area contributed by atoms with Crippen LogP contribution in [0.1, 0.15) is 70.4 Å². The Morgan fingerprint density at radius 1 is 1.05 bits per heavy atom. The summed E-state index contributed by atoms with van der Waals surface area (Å²) in [5.41, 5.74) is 2.68. The second-order valence-electron chi connectivity index (χ2n) is 6.36. The van der Waals surface area contributed by atoms with Crippen LogP contribution < -0.4 is 0 Å². The average Bonchev–Trinajstić information content (AvgIpc) is 2.49. The highest BCUT2D eigenvalue weighted by atomic mass is 16.5. The minimum atomic E-state index is 0.237. The van der Waals surface area contributed by atoms with Crippen molar-refractivity contribution in [3.8, 4) is 0 Å². The first kappa shape index (κ1) is 17.7. The van der Waals surface area contributed by atoms with Crippen LogP contribution in [0, 0.1) is 0 Å². The molecule has 118 valence electrons. The maximum Gasteiger partial charge on any atom is 0.215 e. The van der Waals surface area contributed by atoms with Crippen LogP contribution in [0.2, 0.25) is 0 Å². The third kappa shape index (κ3) is 5.53. The van der Waals surface area contributed by atoms with Gasteiger partial charge in [0.25, 0.3) is 0 Å². The third-order valence-electron chi connectivity index (χ3n) is 4.22. The zero-order valence-electron chi connectivity index (χ0n) is 14.4. The minimum absolute atomic E-state index is 0.237. The molecule has 0 spiro atoms. The first-order valence-corrected chi connectivity index (χ1v) is 8.17. The van der Waals surface area contributed by atoms with E-state index in [4.69, 9.17) is 4.74 Å². The van der Waals surface area contributed by atoms with Crippen LogP contribution >= 0.6 is 0 Å². The van der Waals surface area contributed by atoms with Crippen molar-refractivity contribution in [2.45, 2.75) is 64.7 Å². The number of rotatable bonds is 8. The molecule has 1 aromatic rings. The smallest absolute Gasteiger partial charge is 0.215 e. The lowest BCUT2D eigenvalue weighted by atomic mass is 9.79. The Balaban J connectivity index is 2.62. The molecule has 0 saturated carbocycles. The summed E-state index contributed by atoms with van der Waals surface area (Å²) in [5.74, 6) is 0.693. The number of nitrogens with zero attached hydrogens (tertiary/aromatic N) is 1. The lowest BCUT2D eigenvalue weighted by molar-refractivity contribution is 0.404. The van der Waals surface area contributed by atoms with Gasteiger partial charge in [0, 0.05) is 12.6 Å². The fourth-order valence-corrected chi connectivity index (χ4v) is 2.72. The monoisotopic (exact) mass is 289 g/mol. The van der Waals surface area contributed by atoms with Crippen LogP contribution in [0.15, 0.2) is 29.3 Å². The number of methoxy groups -OCH3 is 1. The van der Waals surface area contributed by atoms with Crippen LogP contribution in [-0.4, -0.2) is 20.1 Å². The molecule has 0 fully saturated rings. The highest BCUT2D eigenvalue weighted by Crippen LogP contribution is 2.29. The van der Waals surface area contributed by atoms with E-state index in [1.165, 1.54) is 44.1 Å². The molecule has 0 radical (unpaired) electrons. The zero-order chi connectivity index (χ0) is 15.7. The maximum atomic E-state index is 5.26. The van der Waals surface area contributed by atoms with Gasteiger partial charge in [-0.25, -0.2) is 0 Å². The van der Waals surface area contributed by atoms with E-state index >= 15 is 0 Å². The van der Waals surface area contributed by atoms with Crippen molar-refractivity contribution in [1.82, 2.24) is 0 Å². The Hall–Kier alpha value is -1.31. The van der Waals surface area contributed by atoms with Gasteiger partial charge < -0.3 is 4.74 Å². The van der Waals surface area contributed by atoms with Crippen molar-refractivity contribution in [3.05, 3.63) is 35.4 Å². The van der Waals surface area contributed by atoms with Crippen molar-refractivity contribution < 1.29 is 4.74 Å². The number of hydrogen-bond donors (Lipinski definition) is 0. The standard InChI is InChI=1S/C19H31NO/c1-6-7-8-9-10-15-19(2,3)17-13-11-16(12-14-17)18(20-4)21-5/h11-14H,6-10,15H2,1-5H3. The Morgan fingerprint density at radius 3 is 2.19 bits per heavy atom. The molecule has 0 aliphatic rings. The largest absolute Gasteiger partial charge is 0.481 e. The van der Waals surface area contributed by atoms with E-state index in [2.05, 4.69) is 50.0 Å². The van der Waals surface area contributed by atoms with Gasteiger partial charge in [0.2, 0.25) is 5.90 Å². The van der Waals surface area contributed by atoms with Crippen molar-refractivity contribution in [2.75, 3.05) is 14.2 Å². The van der Waals surface area contributed by atoms with Gasteiger partial charge in [-0.15, -0.1) is 0 Å². The zero-order valence-corrected chi connectivity index (χ0v) is 14.4. The van der Waals surface area contributed by atoms with Crippen molar-refractivity contribution >= 4 is 5.90 Å². The SMILES string of the molecule is CCCCCCCC(C)(C)c1ccc(C(=NC)OC)cc1. The molecule has 0 bridgehead atoms. The fourth-order valence-electron chi connectivity index (χ4n) is 2.72. The molecule has 1 aromatic carbocycles. The summed E-state index contributed by atoms with van der Waals surface area (Å²) in [6, 6.07) is 8.65. The fraction of sp³-hybridized carbons (Fsp3) is 0.632. The average molecular weight is 289 g/mol. The molecule has 0 aromatic heterocycles. The Labute approximate surface area is 130 Å². The van der Waals surface area contributed by atoms with E-state index in [1.807, 2.05) is 0 Å². The van der Waals surface area contributed by atoms with Gasteiger partial charge in [-0.2, -0.15) is 0 Å². The summed E-state index contributed by atoms with van der Waals surface area (Å²) in [7, 11) is 3.42. The molecule has 0 amide bonds. The Morgan fingerprint density at radius 2 is 1.67 bits per heavy atom. The summed E-state index contributed by atoms with van der Waals surface area (Å²) in [6.45, 7) is 6.94. The highest BCUT2D eigenvalue weighted by Gasteiger charge is 2.20. The van der Waals surface area contributed by atoms with Crippen molar-refractivity contribution in [3.63, 3.8) is 0 Å². The third-order valence-corrected chi connectivity index (χ3v) is 4.22. The van der Waals surface area contributed by atoms with E-state index in [0.29, 0.717) is 5.90 Å². The van der Waals surface area contributed by atoms with Gasteiger partial charge in [0.15, 0.2) is 0 Å². The van der Waals surface area contributed by atoms with Gasteiger partial charge in [0.05, 0.1) is 7.11 Å². The van der Waals surface area contributed by atoms with E-state index in [0.717, 1.165) is 5.56 Å². The van der Waals surface area contributed by atoms with Gasteiger partial charge in [-0.1, -0.05) is 65.0 Å². The van der Waals surface area contributed by atoms with Crippen LogP contribution in [0.3, 0.4) is 0 Å². The van der Waals surface area contributed by atoms with Crippen molar-refractivity contribution in [1.29, 1.82) is 0 Å². The molecule has 0 N–H and O–H groups in total. The van der Waals surface area contributed by atoms with Gasteiger partial charge in [-0.3, -0.25) is 4.99 Å². The molecule has 2 heteroatoms. The summed E-state index contributed by atoms with van der Waals surface area (Å²) >= 11 is 0. The van der Waals surface area contributed by atoms with Gasteiger partial charge in [0.1, 0.15) is 0 Å². The van der Waals surface area contributed by atoms with Gasteiger partial charge >= 0.3 is 0 Å². The number of aliphatic imine (C=N–C) groups is 1. The predicted octanol–water partition coefficient (Wildman–Crippen LogP) is 5.35. The second-order valence-corrected chi connectivity index (χ2v) is 6.36.